The Hall–Kier alpha value is -2.94. The van der Waals surface area contributed by atoms with Crippen LogP contribution in [0.15, 0.2) is 45.5 Å². The van der Waals surface area contributed by atoms with Gasteiger partial charge in [-0.15, -0.1) is 0 Å². The molecule has 168 valence electrons. The molecule has 2 heterocycles. The number of hydrogen-bond acceptors (Lipinski definition) is 7. The van der Waals surface area contributed by atoms with Gasteiger partial charge in [0.05, 0.1) is 10.5 Å². The average molecular weight is 455 g/mol. The summed E-state index contributed by atoms with van der Waals surface area (Å²) in [6.45, 7) is 6.17. The molecule has 1 atom stereocenters. The van der Waals surface area contributed by atoms with Crippen LogP contribution >= 0.6 is 11.8 Å². The van der Waals surface area contributed by atoms with E-state index in [9.17, 15) is 19.7 Å². The van der Waals surface area contributed by atoms with E-state index in [0.717, 1.165) is 24.3 Å². The van der Waals surface area contributed by atoms with E-state index in [0.29, 0.717) is 40.5 Å². The summed E-state index contributed by atoms with van der Waals surface area (Å²) in [5, 5.41) is 15.2. The molecule has 1 aliphatic carbocycles. The van der Waals surface area contributed by atoms with Crippen LogP contribution < -0.4 is 10.9 Å². The highest BCUT2D eigenvalue weighted by Gasteiger charge is 2.42. The van der Waals surface area contributed by atoms with Gasteiger partial charge in [-0.3, -0.25) is 19.7 Å². The fourth-order valence-corrected chi connectivity index (χ4v) is 5.37. The van der Waals surface area contributed by atoms with Crippen molar-refractivity contribution >= 4 is 29.1 Å². The van der Waals surface area contributed by atoms with Crippen LogP contribution in [0.3, 0.4) is 0 Å². The quantitative estimate of drug-likeness (QED) is 0.212. The molecule has 1 aliphatic heterocycles. The molecular weight excluding hydrogens is 428 g/mol. The predicted molar refractivity (Wildman–Crippen MR) is 124 cm³/mol. The molecule has 32 heavy (non-hydrogen) atoms. The summed E-state index contributed by atoms with van der Waals surface area (Å²) in [5.41, 5.74) is 1.49. The van der Waals surface area contributed by atoms with Crippen molar-refractivity contribution in [2.24, 2.45) is 5.41 Å². The minimum atomic E-state index is -0.698. The van der Waals surface area contributed by atoms with Gasteiger partial charge >= 0.3 is 0 Å². The van der Waals surface area contributed by atoms with Crippen LogP contribution in [0.1, 0.15) is 63.5 Å². The van der Waals surface area contributed by atoms with Gasteiger partial charge < -0.3 is 10.3 Å². The van der Waals surface area contributed by atoms with Gasteiger partial charge in [0.1, 0.15) is 5.82 Å². The lowest BCUT2D eigenvalue weighted by molar-refractivity contribution is -0.384. The number of rotatable bonds is 6. The average Bonchev–Trinajstić information content (AvgIpc) is 2.71. The number of carbonyl (C=O) groups is 1. The second-order valence-corrected chi connectivity index (χ2v) is 10.2. The number of fused-ring (bicyclic) bond motifs is 1. The number of non-ortho nitro benzene ring substituents is 1. The van der Waals surface area contributed by atoms with Crippen molar-refractivity contribution in [1.82, 2.24) is 9.97 Å². The van der Waals surface area contributed by atoms with E-state index < -0.39 is 10.8 Å². The number of carbonyl (C=O) groups excluding carboxylic acids is 1. The van der Waals surface area contributed by atoms with E-state index in [1.807, 2.05) is 13.8 Å². The van der Waals surface area contributed by atoms with Gasteiger partial charge in [0.2, 0.25) is 0 Å². The molecule has 2 aromatic rings. The summed E-state index contributed by atoms with van der Waals surface area (Å²) in [4.78, 5) is 44.9. The molecule has 0 bridgehead atoms. The van der Waals surface area contributed by atoms with Gasteiger partial charge in [-0.25, -0.2) is 4.98 Å². The van der Waals surface area contributed by atoms with Gasteiger partial charge in [-0.2, -0.15) is 0 Å². The fourth-order valence-electron chi connectivity index (χ4n) is 4.43. The monoisotopic (exact) mass is 454 g/mol. The molecular formula is C23H26N4O4S. The van der Waals surface area contributed by atoms with E-state index in [1.165, 1.54) is 23.9 Å². The van der Waals surface area contributed by atoms with Gasteiger partial charge in [0, 0.05) is 41.5 Å². The van der Waals surface area contributed by atoms with Crippen LogP contribution in [0.4, 0.5) is 11.5 Å². The minimum absolute atomic E-state index is 0.0493. The summed E-state index contributed by atoms with van der Waals surface area (Å²) in [7, 11) is 0. The number of thioether (sulfide) groups is 1. The molecule has 0 saturated heterocycles. The topological polar surface area (TPSA) is 118 Å². The Balaban J connectivity index is 1.89. The summed E-state index contributed by atoms with van der Waals surface area (Å²) < 4.78 is 0. The Morgan fingerprint density at radius 1 is 1.28 bits per heavy atom. The Bertz CT molecular complexity index is 1180. The van der Waals surface area contributed by atoms with E-state index in [-0.39, 0.29) is 22.4 Å². The van der Waals surface area contributed by atoms with Crippen LogP contribution in [0.25, 0.3) is 0 Å². The number of H-pyrrole nitrogens is 1. The number of nitrogens with one attached hydrogen (secondary N) is 2. The van der Waals surface area contributed by atoms with Gasteiger partial charge in [0.15, 0.2) is 10.9 Å². The van der Waals surface area contributed by atoms with Crippen molar-refractivity contribution in [1.29, 1.82) is 0 Å². The molecule has 8 nitrogen and oxygen atoms in total. The van der Waals surface area contributed by atoms with Crippen molar-refractivity contribution in [2.45, 2.75) is 57.5 Å². The van der Waals surface area contributed by atoms with Crippen molar-refractivity contribution in [3.63, 3.8) is 0 Å². The molecule has 0 radical (unpaired) electrons. The van der Waals surface area contributed by atoms with Gasteiger partial charge in [0.25, 0.3) is 11.2 Å². The molecule has 2 aliphatic rings. The second-order valence-electron chi connectivity index (χ2n) is 9.08. The maximum Gasteiger partial charge on any atom is 0.269 e. The number of Topliss-reactive ketones (excluding diaryl/α,β-unsaturated/α-hetero) is 1. The third kappa shape index (κ3) is 4.21. The summed E-state index contributed by atoms with van der Waals surface area (Å²) in [6.07, 6.45) is 3.03. The van der Waals surface area contributed by atoms with Crippen LogP contribution in [0.2, 0.25) is 0 Å². The molecule has 2 N–H and O–H groups in total. The zero-order valence-electron chi connectivity index (χ0n) is 18.4. The number of aromatic amines is 1. The first-order valence-corrected chi connectivity index (χ1v) is 11.7. The van der Waals surface area contributed by atoms with E-state index in [2.05, 4.69) is 22.2 Å². The number of hydrogen-bond donors (Lipinski definition) is 2. The fraction of sp³-hybridized carbons (Fsp3) is 0.435. The smallest absolute Gasteiger partial charge is 0.269 e. The summed E-state index contributed by atoms with van der Waals surface area (Å²) in [6, 6.07) is 6.17. The lowest BCUT2D eigenvalue weighted by atomic mass is 9.69. The molecule has 0 saturated carbocycles. The highest BCUT2D eigenvalue weighted by atomic mass is 32.2. The largest absolute Gasteiger partial charge is 0.343 e. The van der Waals surface area contributed by atoms with Crippen LogP contribution in [-0.2, 0) is 4.79 Å². The highest BCUT2D eigenvalue weighted by Crippen LogP contribution is 2.48. The van der Waals surface area contributed by atoms with E-state index >= 15 is 0 Å². The Labute approximate surface area is 190 Å². The molecule has 1 aromatic heterocycles. The standard InChI is InChI=1S/C23H26N4O4S/c1-4-5-9-32-22-25-20-19(21(29)26-22)17(13-7-6-8-14(10-13)27(30)31)18-15(24-20)11-23(2,3)12-16(18)28/h6-8,10,17H,4-5,9,11-12H2,1-3H3,(H2,24,25,26,29). The first kappa shape index (κ1) is 22.3. The molecule has 4 rings (SSSR count). The third-order valence-electron chi connectivity index (χ3n) is 5.85. The Kier molecular flexibility index (Phi) is 5.94. The molecule has 1 aromatic carbocycles. The number of unbranched alkanes of at least 4 members (excludes halogenated alkanes) is 1. The number of nitrogens with zero attached hydrogens (tertiary/aromatic N) is 2. The maximum atomic E-state index is 13.2. The van der Waals surface area contributed by atoms with Crippen LogP contribution in [0, 0.1) is 15.5 Å². The van der Waals surface area contributed by atoms with Crippen molar-refractivity contribution in [3.8, 4) is 0 Å². The zero-order valence-corrected chi connectivity index (χ0v) is 19.2. The molecule has 0 amide bonds. The maximum absolute atomic E-state index is 13.2. The predicted octanol–water partition coefficient (Wildman–Crippen LogP) is 4.77. The van der Waals surface area contributed by atoms with Gasteiger partial charge in [-0.1, -0.05) is 51.1 Å². The number of benzene rings is 1. The number of aromatic nitrogens is 2. The number of ketones is 1. The highest BCUT2D eigenvalue weighted by molar-refractivity contribution is 7.99. The van der Waals surface area contributed by atoms with Crippen molar-refractivity contribution in [3.05, 3.63) is 67.1 Å². The molecule has 9 heteroatoms. The lowest BCUT2D eigenvalue weighted by Crippen LogP contribution is -2.37. The lowest BCUT2D eigenvalue weighted by Gasteiger charge is -2.38. The summed E-state index contributed by atoms with van der Waals surface area (Å²) >= 11 is 1.49. The normalized spacial score (nSPS) is 19.2. The molecule has 0 fully saturated rings. The molecule has 0 spiro atoms. The Morgan fingerprint density at radius 3 is 2.78 bits per heavy atom. The number of anilines is 1. The first-order valence-electron chi connectivity index (χ1n) is 10.7. The SMILES string of the molecule is CCCCSc1nc2c(c(=O)[nH]1)C(c1cccc([N+](=O)[O-])c1)C1=C(CC(C)(C)CC1=O)N2. The number of allylic oxidation sites excluding steroid dienone is 2. The number of nitro groups is 1. The minimum Gasteiger partial charge on any atom is -0.343 e. The first-order chi connectivity index (χ1) is 15.2. The van der Waals surface area contributed by atoms with E-state index in [1.54, 1.807) is 12.1 Å². The van der Waals surface area contributed by atoms with Crippen LogP contribution in [0.5, 0.6) is 0 Å². The third-order valence-corrected chi connectivity index (χ3v) is 6.81. The van der Waals surface area contributed by atoms with Gasteiger partial charge in [-0.05, 0) is 23.8 Å². The number of nitro benzene ring substituents is 1. The van der Waals surface area contributed by atoms with Crippen LogP contribution in [-0.4, -0.2) is 26.4 Å². The summed E-state index contributed by atoms with van der Waals surface area (Å²) in [5.74, 6) is 0.516. The van der Waals surface area contributed by atoms with Crippen molar-refractivity contribution in [2.75, 3.05) is 11.1 Å². The van der Waals surface area contributed by atoms with Crippen molar-refractivity contribution < 1.29 is 9.72 Å². The van der Waals surface area contributed by atoms with E-state index in [4.69, 9.17) is 0 Å². The molecule has 1 unspecified atom stereocenters. The Morgan fingerprint density at radius 2 is 2.06 bits per heavy atom. The zero-order chi connectivity index (χ0) is 23.0. The second kappa shape index (κ2) is 8.54.